The number of anilines is 1. The Bertz CT molecular complexity index is 881. The number of aryl methyl sites for hydroxylation is 1. The highest BCUT2D eigenvalue weighted by atomic mass is 127. The first kappa shape index (κ1) is 13.8. The fraction of sp³-hybridized carbons (Fsp3) is 0.0714. The van der Waals surface area contributed by atoms with Gasteiger partial charge in [0.1, 0.15) is 11.1 Å². The van der Waals surface area contributed by atoms with Gasteiger partial charge >= 0.3 is 0 Å². The second-order valence-corrected chi connectivity index (χ2v) is 5.65. The van der Waals surface area contributed by atoms with Crippen molar-refractivity contribution in [3.05, 3.63) is 55.8 Å². The van der Waals surface area contributed by atoms with Crippen molar-refractivity contribution in [2.45, 2.75) is 6.92 Å². The molecule has 0 atom stereocenters. The summed E-state index contributed by atoms with van der Waals surface area (Å²) in [6, 6.07) is 7.34. The summed E-state index contributed by atoms with van der Waals surface area (Å²) in [5.74, 6) is -0.0387. The lowest BCUT2D eigenvalue weighted by molar-refractivity contribution is 0.102. The van der Waals surface area contributed by atoms with E-state index in [1.165, 1.54) is 6.33 Å². The largest absolute Gasteiger partial charge is 0.442 e. The highest BCUT2D eigenvalue weighted by molar-refractivity contribution is 14.1. The molecule has 0 aliphatic heterocycles. The number of amides is 1. The fourth-order valence-electron chi connectivity index (χ4n) is 2.05. The molecule has 1 aromatic carbocycles. The summed E-state index contributed by atoms with van der Waals surface area (Å²) >= 11 is 2.18. The van der Waals surface area contributed by atoms with E-state index in [-0.39, 0.29) is 16.7 Å². The van der Waals surface area contributed by atoms with E-state index in [0.29, 0.717) is 11.4 Å². The van der Waals surface area contributed by atoms with E-state index in [1.54, 1.807) is 19.1 Å². The second kappa shape index (κ2) is 5.32. The first-order chi connectivity index (χ1) is 10.1. The predicted molar refractivity (Wildman–Crippen MR) is 86.5 cm³/mol. The van der Waals surface area contributed by atoms with E-state index in [9.17, 15) is 9.59 Å². The standard InChI is InChI=1S/C14H10IN3O3/c1-7-10(11-12(19)16-6-17-14(11)21-7)13(20)18-9-4-2-8(15)3-5-9/h2-6H,1H3,(H,18,20)(H,16,17,19). The van der Waals surface area contributed by atoms with Crippen LogP contribution in [-0.4, -0.2) is 15.9 Å². The number of hydrogen-bond donors (Lipinski definition) is 2. The van der Waals surface area contributed by atoms with Crippen LogP contribution in [0.1, 0.15) is 16.1 Å². The van der Waals surface area contributed by atoms with Gasteiger partial charge in [0, 0.05) is 9.26 Å². The third-order valence-electron chi connectivity index (χ3n) is 3.00. The molecule has 0 saturated heterocycles. The second-order valence-electron chi connectivity index (χ2n) is 4.41. The third-order valence-corrected chi connectivity index (χ3v) is 3.72. The maximum absolute atomic E-state index is 12.4. The van der Waals surface area contributed by atoms with Crippen molar-refractivity contribution in [3.63, 3.8) is 0 Å². The van der Waals surface area contributed by atoms with Crippen LogP contribution in [0.5, 0.6) is 0 Å². The van der Waals surface area contributed by atoms with Crippen LogP contribution in [0.25, 0.3) is 11.1 Å². The van der Waals surface area contributed by atoms with Crippen LogP contribution in [0.2, 0.25) is 0 Å². The van der Waals surface area contributed by atoms with Gasteiger partial charge in [-0.25, -0.2) is 4.98 Å². The molecule has 3 rings (SSSR count). The lowest BCUT2D eigenvalue weighted by atomic mass is 10.1. The topological polar surface area (TPSA) is 88.0 Å². The van der Waals surface area contributed by atoms with E-state index in [2.05, 4.69) is 37.9 Å². The maximum Gasteiger partial charge on any atom is 0.262 e. The van der Waals surface area contributed by atoms with Gasteiger partial charge in [-0.05, 0) is 53.8 Å². The van der Waals surface area contributed by atoms with Crippen LogP contribution < -0.4 is 10.9 Å². The number of halogens is 1. The number of fused-ring (bicyclic) bond motifs is 1. The zero-order valence-corrected chi connectivity index (χ0v) is 13.1. The molecule has 2 heterocycles. The zero-order valence-electron chi connectivity index (χ0n) is 10.9. The predicted octanol–water partition coefficient (Wildman–Crippen LogP) is 2.68. The van der Waals surface area contributed by atoms with Gasteiger partial charge in [-0.3, -0.25) is 9.59 Å². The fourth-order valence-corrected chi connectivity index (χ4v) is 2.41. The van der Waals surface area contributed by atoms with Gasteiger partial charge in [-0.2, -0.15) is 0 Å². The average Bonchev–Trinajstić information content (AvgIpc) is 2.79. The number of nitrogens with zero attached hydrogens (tertiary/aromatic N) is 1. The molecule has 106 valence electrons. The quantitative estimate of drug-likeness (QED) is 0.654. The highest BCUT2D eigenvalue weighted by Gasteiger charge is 2.21. The Kier molecular flexibility index (Phi) is 3.50. The Balaban J connectivity index is 2.04. The summed E-state index contributed by atoms with van der Waals surface area (Å²) < 4.78 is 6.43. The molecule has 21 heavy (non-hydrogen) atoms. The molecule has 6 nitrogen and oxygen atoms in total. The van der Waals surface area contributed by atoms with Gasteiger partial charge in [0.2, 0.25) is 5.71 Å². The van der Waals surface area contributed by atoms with Gasteiger partial charge in [-0.1, -0.05) is 0 Å². The molecule has 0 saturated carbocycles. The number of benzene rings is 1. The monoisotopic (exact) mass is 395 g/mol. The van der Waals surface area contributed by atoms with Crippen LogP contribution in [0.15, 0.2) is 39.8 Å². The van der Waals surface area contributed by atoms with Gasteiger partial charge in [0.05, 0.1) is 11.9 Å². The smallest absolute Gasteiger partial charge is 0.262 e. The summed E-state index contributed by atoms with van der Waals surface area (Å²) in [5, 5.41) is 2.91. The van der Waals surface area contributed by atoms with Crippen molar-refractivity contribution in [3.8, 4) is 0 Å². The van der Waals surface area contributed by atoms with Gasteiger partial charge in [0.25, 0.3) is 11.5 Å². The molecule has 3 aromatic rings. The number of rotatable bonds is 2. The molecule has 7 heteroatoms. The molecule has 0 spiro atoms. The number of aromatic amines is 1. The summed E-state index contributed by atoms with van der Waals surface area (Å²) in [6.07, 6.45) is 1.24. The number of hydrogen-bond acceptors (Lipinski definition) is 4. The van der Waals surface area contributed by atoms with Crippen molar-refractivity contribution in [2.75, 3.05) is 5.32 Å². The van der Waals surface area contributed by atoms with Gasteiger partial charge in [0.15, 0.2) is 0 Å². The molecule has 2 N–H and O–H groups in total. The van der Waals surface area contributed by atoms with E-state index >= 15 is 0 Å². The number of carbonyl (C=O) groups is 1. The molecule has 2 aromatic heterocycles. The normalized spacial score (nSPS) is 10.8. The van der Waals surface area contributed by atoms with E-state index < -0.39 is 11.5 Å². The van der Waals surface area contributed by atoms with Crippen LogP contribution in [0.3, 0.4) is 0 Å². The highest BCUT2D eigenvalue weighted by Crippen LogP contribution is 2.22. The first-order valence-electron chi connectivity index (χ1n) is 6.10. The summed E-state index contributed by atoms with van der Waals surface area (Å²) in [4.78, 5) is 30.6. The lowest BCUT2D eigenvalue weighted by Crippen LogP contribution is -2.16. The van der Waals surface area contributed by atoms with E-state index in [0.717, 1.165) is 3.57 Å². The van der Waals surface area contributed by atoms with Crippen molar-refractivity contribution < 1.29 is 9.21 Å². The minimum Gasteiger partial charge on any atom is -0.442 e. The van der Waals surface area contributed by atoms with Crippen molar-refractivity contribution in [2.24, 2.45) is 0 Å². The minimum atomic E-state index is -0.399. The molecule has 1 amide bonds. The van der Waals surface area contributed by atoms with Crippen molar-refractivity contribution >= 4 is 45.3 Å². The number of furan rings is 1. The Morgan fingerprint density at radius 2 is 2.05 bits per heavy atom. The number of nitrogens with one attached hydrogen (secondary N) is 2. The molecule has 0 fully saturated rings. The van der Waals surface area contributed by atoms with Gasteiger partial charge < -0.3 is 14.7 Å². The lowest BCUT2D eigenvalue weighted by Gasteiger charge is -2.04. The molecular formula is C14H10IN3O3. The van der Waals surface area contributed by atoms with E-state index in [4.69, 9.17) is 4.42 Å². The molecule has 0 unspecified atom stereocenters. The van der Waals surface area contributed by atoms with E-state index in [1.807, 2.05) is 12.1 Å². The zero-order chi connectivity index (χ0) is 15.0. The summed E-state index contributed by atoms with van der Waals surface area (Å²) in [6.45, 7) is 1.63. The molecular weight excluding hydrogens is 385 g/mol. The van der Waals surface area contributed by atoms with Crippen LogP contribution in [-0.2, 0) is 0 Å². The van der Waals surface area contributed by atoms with Crippen LogP contribution in [0, 0.1) is 10.5 Å². The Morgan fingerprint density at radius 1 is 1.33 bits per heavy atom. The molecule has 0 aliphatic rings. The minimum absolute atomic E-state index is 0.156. The summed E-state index contributed by atoms with van der Waals surface area (Å²) in [7, 11) is 0. The Hall–Kier alpha value is -2.16. The van der Waals surface area contributed by atoms with Crippen molar-refractivity contribution in [1.29, 1.82) is 0 Å². The van der Waals surface area contributed by atoms with Crippen molar-refractivity contribution in [1.82, 2.24) is 9.97 Å². The Labute approximate surface area is 132 Å². The molecule has 0 radical (unpaired) electrons. The van der Waals surface area contributed by atoms with Gasteiger partial charge in [-0.15, -0.1) is 0 Å². The summed E-state index contributed by atoms with van der Waals surface area (Å²) in [5.41, 5.74) is 0.612. The average molecular weight is 395 g/mol. The van der Waals surface area contributed by atoms with Crippen LogP contribution in [0.4, 0.5) is 5.69 Å². The van der Waals surface area contributed by atoms with Crippen LogP contribution >= 0.6 is 22.6 Å². The third kappa shape index (κ3) is 2.56. The SMILES string of the molecule is Cc1oc2nc[nH]c(=O)c2c1C(=O)Nc1ccc(I)cc1. The maximum atomic E-state index is 12.4. The molecule has 0 bridgehead atoms. The number of carbonyl (C=O) groups excluding carboxylic acids is 1. The first-order valence-corrected chi connectivity index (χ1v) is 7.18. The Morgan fingerprint density at radius 3 is 2.76 bits per heavy atom. The number of H-pyrrole nitrogens is 1. The molecule has 0 aliphatic carbocycles. The number of aromatic nitrogens is 2.